The summed E-state index contributed by atoms with van der Waals surface area (Å²) in [5.41, 5.74) is 7.56. The number of carbonyl (C=O) groups is 1. The predicted molar refractivity (Wildman–Crippen MR) is 134 cm³/mol. The Morgan fingerprint density at radius 1 is 0.818 bits per heavy atom. The molecule has 5 heteroatoms. The molecule has 33 heavy (non-hydrogen) atoms. The Labute approximate surface area is 199 Å². The quantitative estimate of drug-likeness (QED) is 0.216. The number of methoxy groups -OCH3 is 1. The molecular weight excluding hydrogens is 432 g/mol. The van der Waals surface area contributed by atoms with Gasteiger partial charge in [0.05, 0.1) is 7.11 Å². The van der Waals surface area contributed by atoms with Gasteiger partial charge in [-0.3, -0.25) is 4.79 Å². The molecule has 0 bridgehead atoms. The molecule has 0 saturated heterocycles. The molecule has 3 aromatic carbocycles. The predicted octanol–water partition coefficient (Wildman–Crippen LogP) is 7.29. The zero-order chi connectivity index (χ0) is 23.2. The van der Waals surface area contributed by atoms with Crippen LogP contribution < -0.4 is 4.90 Å². The Morgan fingerprint density at radius 2 is 1.36 bits per heavy atom. The number of aryl methyl sites for hydroxylation is 2. The van der Waals surface area contributed by atoms with Crippen LogP contribution in [0.25, 0.3) is 11.1 Å². The van der Waals surface area contributed by atoms with Crippen LogP contribution in [0.4, 0.5) is 17.1 Å². The molecule has 0 amide bonds. The van der Waals surface area contributed by atoms with E-state index in [9.17, 15) is 4.79 Å². The molecule has 0 fully saturated rings. The fourth-order valence-corrected chi connectivity index (χ4v) is 3.76. The molecule has 0 spiro atoms. The lowest BCUT2D eigenvalue weighted by Crippen LogP contribution is -2.10. The number of hydrogen-bond donors (Lipinski definition) is 0. The first kappa shape index (κ1) is 22.6. The number of anilines is 3. The van der Waals surface area contributed by atoms with Gasteiger partial charge in [0.15, 0.2) is 0 Å². The highest BCUT2D eigenvalue weighted by Crippen LogP contribution is 2.36. The lowest BCUT2D eigenvalue weighted by molar-refractivity contribution is -0.140. The molecule has 0 aliphatic rings. The van der Waals surface area contributed by atoms with Crippen molar-refractivity contribution >= 4 is 34.6 Å². The van der Waals surface area contributed by atoms with Crippen molar-refractivity contribution < 1.29 is 9.53 Å². The Morgan fingerprint density at radius 3 is 1.91 bits per heavy atom. The lowest BCUT2D eigenvalue weighted by atomic mass is 10.1. The third-order valence-electron chi connectivity index (χ3n) is 5.52. The van der Waals surface area contributed by atoms with E-state index in [4.69, 9.17) is 16.3 Å². The van der Waals surface area contributed by atoms with Gasteiger partial charge in [0.25, 0.3) is 0 Å². The van der Waals surface area contributed by atoms with Crippen molar-refractivity contribution in [3.8, 4) is 11.1 Å². The van der Waals surface area contributed by atoms with E-state index in [2.05, 4.69) is 89.6 Å². The Kier molecular flexibility index (Phi) is 7.06. The fraction of sp³-hybridized carbons (Fsp3) is 0.143. The van der Waals surface area contributed by atoms with Gasteiger partial charge in [0, 0.05) is 35.2 Å². The van der Waals surface area contributed by atoms with E-state index in [1.54, 1.807) is 12.3 Å². The summed E-state index contributed by atoms with van der Waals surface area (Å²) in [7, 11) is 1.42. The van der Waals surface area contributed by atoms with Crippen LogP contribution in [0.5, 0.6) is 0 Å². The molecule has 0 aliphatic carbocycles. The maximum absolute atomic E-state index is 11.5. The number of esters is 1. The molecular formula is C28H25ClN2O2. The summed E-state index contributed by atoms with van der Waals surface area (Å²) in [5.74, 6) is -0.198. The summed E-state index contributed by atoms with van der Waals surface area (Å²) in [4.78, 5) is 17.9. The number of halogens is 1. The van der Waals surface area contributed by atoms with Crippen molar-refractivity contribution in [3.05, 3.63) is 107 Å². The lowest BCUT2D eigenvalue weighted by Gasteiger charge is -2.26. The van der Waals surface area contributed by atoms with Crippen LogP contribution in [0.15, 0.2) is 91.1 Å². The van der Waals surface area contributed by atoms with Gasteiger partial charge >= 0.3 is 5.97 Å². The van der Waals surface area contributed by atoms with E-state index < -0.39 is 0 Å². The van der Waals surface area contributed by atoms with Gasteiger partial charge in [-0.2, -0.15) is 0 Å². The highest BCUT2D eigenvalue weighted by molar-refractivity contribution is 6.29. The topological polar surface area (TPSA) is 42.4 Å². The van der Waals surface area contributed by atoms with Gasteiger partial charge < -0.3 is 9.64 Å². The summed E-state index contributed by atoms with van der Waals surface area (Å²) in [6.07, 6.45) is 2.81. The second-order valence-electron chi connectivity index (χ2n) is 7.83. The molecule has 4 aromatic rings. The fourth-order valence-electron chi connectivity index (χ4n) is 3.65. The highest BCUT2D eigenvalue weighted by atomic mass is 35.5. The van der Waals surface area contributed by atoms with Crippen LogP contribution in [-0.2, 0) is 16.0 Å². The summed E-state index contributed by atoms with van der Waals surface area (Å²) in [6.45, 7) is 2.08. The van der Waals surface area contributed by atoms with Gasteiger partial charge in [-0.25, -0.2) is 4.98 Å². The van der Waals surface area contributed by atoms with E-state index in [1.165, 1.54) is 12.7 Å². The number of aromatic nitrogens is 1. The standard InChI is InChI=1S/C28H25ClN2O2/c1-20-3-11-24(12-4-20)31(25-13-5-21(6-14-25)7-18-28(32)33-2)26-15-8-22(9-16-26)23-10-17-27(29)30-19-23/h3-6,8-17,19H,7,18H2,1-2H3. The molecule has 0 radical (unpaired) electrons. The average Bonchev–Trinajstić information content (AvgIpc) is 2.85. The van der Waals surface area contributed by atoms with Crippen molar-refractivity contribution in [2.75, 3.05) is 12.0 Å². The number of pyridine rings is 1. The Bertz CT molecular complexity index is 1200. The van der Waals surface area contributed by atoms with Crippen LogP contribution in [-0.4, -0.2) is 18.1 Å². The van der Waals surface area contributed by atoms with Gasteiger partial charge in [-0.1, -0.05) is 53.6 Å². The van der Waals surface area contributed by atoms with E-state index in [-0.39, 0.29) is 5.97 Å². The van der Waals surface area contributed by atoms with E-state index in [0.717, 1.165) is 33.8 Å². The largest absolute Gasteiger partial charge is 0.469 e. The van der Waals surface area contributed by atoms with Crippen LogP contribution in [0.1, 0.15) is 17.5 Å². The second-order valence-corrected chi connectivity index (χ2v) is 8.22. The summed E-state index contributed by atoms with van der Waals surface area (Å²) in [5, 5.41) is 0.482. The number of nitrogens with zero attached hydrogens (tertiary/aromatic N) is 2. The summed E-state index contributed by atoms with van der Waals surface area (Å²) < 4.78 is 4.75. The third kappa shape index (κ3) is 5.60. The molecule has 0 unspecified atom stereocenters. The van der Waals surface area contributed by atoms with Gasteiger partial charge in [0.1, 0.15) is 5.15 Å². The van der Waals surface area contributed by atoms with Crippen molar-refractivity contribution in [2.24, 2.45) is 0 Å². The first-order chi connectivity index (χ1) is 16.0. The zero-order valence-electron chi connectivity index (χ0n) is 18.7. The van der Waals surface area contributed by atoms with Crippen molar-refractivity contribution in [2.45, 2.75) is 19.8 Å². The Balaban J connectivity index is 1.65. The first-order valence-corrected chi connectivity index (χ1v) is 11.2. The third-order valence-corrected chi connectivity index (χ3v) is 5.74. The zero-order valence-corrected chi connectivity index (χ0v) is 19.4. The SMILES string of the molecule is COC(=O)CCc1ccc(N(c2ccc(C)cc2)c2ccc(-c3ccc(Cl)nc3)cc2)cc1. The number of rotatable bonds is 7. The second kappa shape index (κ2) is 10.3. The molecule has 0 N–H and O–H groups in total. The number of benzene rings is 3. The molecule has 4 rings (SSSR count). The van der Waals surface area contributed by atoms with Crippen molar-refractivity contribution in [1.82, 2.24) is 4.98 Å². The van der Waals surface area contributed by atoms with E-state index in [1.807, 2.05) is 6.07 Å². The average molecular weight is 457 g/mol. The van der Waals surface area contributed by atoms with Gasteiger partial charge in [-0.05, 0) is 73.0 Å². The van der Waals surface area contributed by atoms with E-state index in [0.29, 0.717) is 18.0 Å². The summed E-state index contributed by atoms with van der Waals surface area (Å²) in [6, 6.07) is 28.9. The number of hydrogen-bond acceptors (Lipinski definition) is 4. The van der Waals surface area contributed by atoms with Gasteiger partial charge in [0.2, 0.25) is 0 Å². The number of ether oxygens (including phenoxy) is 1. The maximum Gasteiger partial charge on any atom is 0.305 e. The normalized spacial score (nSPS) is 10.6. The Hall–Kier alpha value is -3.63. The molecule has 0 atom stereocenters. The van der Waals surface area contributed by atoms with Crippen molar-refractivity contribution in [3.63, 3.8) is 0 Å². The van der Waals surface area contributed by atoms with Crippen molar-refractivity contribution in [1.29, 1.82) is 0 Å². The molecule has 0 aliphatic heterocycles. The van der Waals surface area contributed by atoms with Crippen LogP contribution >= 0.6 is 11.6 Å². The minimum atomic E-state index is -0.198. The van der Waals surface area contributed by atoms with Crippen LogP contribution in [0.2, 0.25) is 5.15 Å². The van der Waals surface area contributed by atoms with Gasteiger partial charge in [-0.15, -0.1) is 0 Å². The minimum Gasteiger partial charge on any atom is -0.469 e. The minimum absolute atomic E-state index is 0.198. The molecule has 0 saturated carbocycles. The smallest absolute Gasteiger partial charge is 0.305 e. The first-order valence-electron chi connectivity index (χ1n) is 10.8. The highest BCUT2D eigenvalue weighted by Gasteiger charge is 2.13. The molecule has 4 nitrogen and oxygen atoms in total. The van der Waals surface area contributed by atoms with Crippen LogP contribution in [0, 0.1) is 6.92 Å². The molecule has 166 valence electrons. The van der Waals surface area contributed by atoms with E-state index >= 15 is 0 Å². The summed E-state index contributed by atoms with van der Waals surface area (Å²) >= 11 is 5.93. The monoisotopic (exact) mass is 456 g/mol. The van der Waals surface area contributed by atoms with Crippen LogP contribution in [0.3, 0.4) is 0 Å². The maximum atomic E-state index is 11.5. The molecule has 1 heterocycles. The number of carbonyl (C=O) groups excluding carboxylic acids is 1. The molecule has 1 aromatic heterocycles.